The Bertz CT molecular complexity index is 1030. The van der Waals surface area contributed by atoms with Crippen LogP contribution in [0.25, 0.3) is 5.82 Å². The van der Waals surface area contributed by atoms with E-state index >= 15 is 0 Å². The third-order valence-corrected chi connectivity index (χ3v) is 5.38. The number of pyridine rings is 1. The largest absolute Gasteiger partial charge is 0.350 e. The van der Waals surface area contributed by atoms with Gasteiger partial charge in [0.05, 0.1) is 0 Å². The Morgan fingerprint density at radius 3 is 2.70 bits per heavy atom. The summed E-state index contributed by atoms with van der Waals surface area (Å²) in [5, 5.41) is 3.02. The lowest BCUT2D eigenvalue weighted by Crippen LogP contribution is -2.45. The van der Waals surface area contributed by atoms with Crippen molar-refractivity contribution in [1.82, 2.24) is 24.8 Å². The van der Waals surface area contributed by atoms with Gasteiger partial charge in [-0.2, -0.15) is 0 Å². The zero-order valence-corrected chi connectivity index (χ0v) is 17.0. The molecule has 3 aromatic rings. The summed E-state index contributed by atoms with van der Waals surface area (Å²) in [6, 6.07) is 12.7. The first-order valence-corrected chi connectivity index (χ1v) is 10.2. The maximum absolute atomic E-state index is 13.2. The van der Waals surface area contributed by atoms with E-state index in [9.17, 15) is 9.59 Å². The summed E-state index contributed by atoms with van der Waals surface area (Å²) in [5.74, 6) is 1.46. The fourth-order valence-corrected chi connectivity index (χ4v) is 3.82. The highest BCUT2D eigenvalue weighted by atomic mass is 16.2. The van der Waals surface area contributed by atoms with E-state index in [1.807, 2.05) is 60.2 Å². The number of nitrogens with zero attached hydrogens (tertiary/aromatic N) is 4. The number of rotatable bonds is 6. The lowest BCUT2D eigenvalue weighted by Gasteiger charge is -2.34. The van der Waals surface area contributed by atoms with Gasteiger partial charge in [-0.1, -0.05) is 30.3 Å². The molecule has 0 radical (unpaired) electrons. The summed E-state index contributed by atoms with van der Waals surface area (Å²) < 4.78 is 1.89. The van der Waals surface area contributed by atoms with E-state index in [0.29, 0.717) is 19.5 Å². The summed E-state index contributed by atoms with van der Waals surface area (Å²) in [7, 11) is 0. The lowest BCUT2D eigenvalue weighted by molar-refractivity contribution is -0.142. The maximum Gasteiger partial charge on any atom is 0.247 e. The summed E-state index contributed by atoms with van der Waals surface area (Å²) in [5.41, 5.74) is 1.76. The van der Waals surface area contributed by atoms with E-state index in [4.69, 9.17) is 0 Å². The second-order valence-electron chi connectivity index (χ2n) is 7.44. The zero-order valence-electron chi connectivity index (χ0n) is 17.0. The second-order valence-corrected chi connectivity index (χ2v) is 7.44. The molecule has 2 amide bonds. The molecule has 30 heavy (non-hydrogen) atoms. The molecule has 3 heterocycles. The monoisotopic (exact) mass is 403 g/mol. The molecule has 1 atom stereocenters. The number of aromatic nitrogens is 3. The highest BCUT2D eigenvalue weighted by Crippen LogP contribution is 2.26. The lowest BCUT2D eigenvalue weighted by atomic mass is 10.0. The number of hydrogen-bond acceptors (Lipinski definition) is 4. The predicted molar refractivity (Wildman–Crippen MR) is 113 cm³/mol. The zero-order chi connectivity index (χ0) is 20.9. The topological polar surface area (TPSA) is 80.1 Å². The Labute approximate surface area is 175 Å². The number of nitrogens with one attached hydrogen (secondary N) is 1. The molecule has 0 bridgehead atoms. The molecule has 1 aromatic carbocycles. The molecular formula is C23H25N5O2. The van der Waals surface area contributed by atoms with Gasteiger partial charge in [0.15, 0.2) is 0 Å². The number of amides is 2. The number of benzene rings is 1. The van der Waals surface area contributed by atoms with Gasteiger partial charge < -0.3 is 10.2 Å². The van der Waals surface area contributed by atoms with Crippen LogP contribution in [0.5, 0.6) is 0 Å². The first-order chi connectivity index (χ1) is 14.6. The van der Waals surface area contributed by atoms with Gasteiger partial charge in [-0.25, -0.2) is 9.97 Å². The van der Waals surface area contributed by atoms with Gasteiger partial charge in [0.2, 0.25) is 11.8 Å². The number of hydrogen-bond donors (Lipinski definition) is 1. The van der Waals surface area contributed by atoms with Gasteiger partial charge in [-0.05, 0) is 43.0 Å². The fourth-order valence-electron chi connectivity index (χ4n) is 3.82. The average molecular weight is 403 g/mol. The third kappa shape index (κ3) is 4.25. The quantitative estimate of drug-likeness (QED) is 0.686. The molecular weight excluding hydrogens is 378 g/mol. The Morgan fingerprint density at radius 2 is 1.97 bits per heavy atom. The summed E-state index contributed by atoms with van der Waals surface area (Å²) in [6.45, 7) is 2.87. The molecule has 1 aliphatic heterocycles. The van der Waals surface area contributed by atoms with Crippen molar-refractivity contribution in [2.45, 2.75) is 38.8 Å². The molecule has 0 saturated carbocycles. The number of likely N-dealkylation sites (tertiary alicyclic amines) is 1. The summed E-state index contributed by atoms with van der Waals surface area (Å²) in [6.07, 6.45) is 7.60. The van der Waals surface area contributed by atoms with Crippen LogP contribution in [0, 0.1) is 6.92 Å². The molecule has 7 heteroatoms. The average Bonchev–Trinajstić information content (AvgIpc) is 3.21. The standard InChI is InChI=1S/C23H25N5O2/c1-17-24-12-14-27(17)20-15-18(10-11-25-20)16-26-23(30)22(19-7-3-2-4-8-19)28-13-6-5-9-21(28)29/h2-4,7-8,10-12,14-15,22H,5-6,9,13,16H2,1H3,(H,26,30). The molecule has 1 saturated heterocycles. The van der Waals surface area contributed by atoms with Crippen LogP contribution in [0.1, 0.15) is 42.3 Å². The van der Waals surface area contributed by atoms with Crippen LogP contribution >= 0.6 is 0 Å². The molecule has 0 spiro atoms. The predicted octanol–water partition coefficient (Wildman–Crippen LogP) is 2.95. The van der Waals surface area contributed by atoms with Crippen molar-refractivity contribution in [3.63, 3.8) is 0 Å². The van der Waals surface area contributed by atoms with E-state index < -0.39 is 6.04 Å². The number of carbonyl (C=O) groups is 2. The van der Waals surface area contributed by atoms with E-state index in [1.165, 1.54) is 0 Å². The van der Waals surface area contributed by atoms with Crippen LogP contribution in [-0.2, 0) is 16.1 Å². The molecule has 1 N–H and O–H groups in total. The first kappa shape index (κ1) is 19.8. The summed E-state index contributed by atoms with van der Waals surface area (Å²) >= 11 is 0. The molecule has 4 rings (SSSR count). The van der Waals surface area contributed by atoms with E-state index in [2.05, 4.69) is 15.3 Å². The van der Waals surface area contributed by atoms with E-state index in [-0.39, 0.29) is 11.8 Å². The number of imidazole rings is 1. The SMILES string of the molecule is Cc1nccn1-c1cc(CNC(=O)C(c2ccccc2)N2CCCCC2=O)ccn1. The van der Waals surface area contributed by atoms with Crippen molar-refractivity contribution in [1.29, 1.82) is 0 Å². The van der Waals surface area contributed by atoms with Crippen molar-refractivity contribution < 1.29 is 9.59 Å². The first-order valence-electron chi connectivity index (χ1n) is 10.2. The Hall–Kier alpha value is -3.48. The van der Waals surface area contributed by atoms with Crippen LogP contribution < -0.4 is 5.32 Å². The Balaban J connectivity index is 1.52. The van der Waals surface area contributed by atoms with Gasteiger partial charge in [0, 0.05) is 38.1 Å². The van der Waals surface area contributed by atoms with Gasteiger partial charge in [-0.15, -0.1) is 0 Å². The van der Waals surface area contributed by atoms with E-state index in [0.717, 1.165) is 35.6 Å². The molecule has 2 aromatic heterocycles. The highest BCUT2D eigenvalue weighted by Gasteiger charge is 2.32. The minimum Gasteiger partial charge on any atom is -0.350 e. The molecule has 1 fully saturated rings. The third-order valence-electron chi connectivity index (χ3n) is 5.38. The molecule has 7 nitrogen and oxygen atoms in total. The Morgan fingerprint density at radius 1 is 1.13 bits per heavy atom. The molecule has 1 aliphatic rings. The van der Waals surface area contributed by atoms with Crippen LogP contribution in [0.4, 0.5) is 0 Å². The number of carbonyl (C=O) groups excluding carboxylic acids is 2. The smallest absolute Gasteiger partial charge is 0.247 e. The van der Waals surface area contributed by atoms with Gasteiger partial charge in [0.1, 0.15) is 17.7 Å². The van der Waals surface area contributed by atoms with Crippen molar-refractivity contribution in [3.8, 4) is 5.82 Å². The van der Waals surface area contributed by atoms with Crippen molar-refractivity contribution >= 4 is 11.8 Å². The summed E-state index contributed by atoms with van der Waals surface area (Å²) in [4.78, 5) is 36.0. The van der Waals surface area contributed by atoms with E-state index in [1.54, 1.807) is 17.3 Å². The minimum absolute atomic E-state index is 0.0343. The van der Waals surface area contributed by atoms with Gasteiger partial charge >= 0.3 is 0 Å². The van der Waals surface area contributed by atoms with Crippen LogP contribution in [0.15, 0.2) is 61.1 Å². The molecule has 0 aliphatic carbocycles. The van der Waals surface area contributed by atoms with Crippen LogP contribution in [0.2, 0.25) is 0 Å². The van der Waals surface area contributed by atoms with Crippen molar-refractivity contribution in [3.05, 3.63) is 78.0 Å². The maximum atomic E-state index is 13.2. The number of piperidine rings is 1. The van der Waals surface area contributed by atoms with Crippen molar-refractivity contribution in [2.24, 2.45) is 0 Å². The van der Waals surface area contributed by atoms with Gasteiger partial charge in [-0.3, -0.25) is 14.2 Å². The molecule has 1 unspecified atom stereocenters. The normalized spacial score (nSPS) is 15.1. The van der Waals surface area contributed by atoms with Crippen LogP contribution in [-0.4, -0.2) is 37.8 Å². The number of aryl methyl sites for hydroxylation is 1. The highest BCUT2D eigenvalue weighted by molar-refractivity contribution is 5.89. The van der Waals surface area contributed by atoms with Crippen molar-refractivity contribution in [2.75, 3.05) is 6.54 Å². The minimum atomic E-state index is -0.615. The van der Waals surface area contributed by atoms with Crippen LogP contribution in [0.3, 0.4) is 0 Å². The molecule has 154 valence electrons. The Kier molecular flexibility index (Phi) is 5.88. The van der Waals surface area contributed by atoms with Gasteiger partial charge in [0.25, 0.3) is 0 Å². The second kappa shape index (κ2) is 8.90. The fraction of sp³-hybridized carbons (Fsp3) is 0.304.